The molecule has 0 aliphatic heterocycles. The zero-order chi connectivity index (χ0) is 16.1. The van der Waals surface area contributed by atoms with Crippen molar-refractivity contribution < 1.29 is 13.6 Å². The molecule has 0 fully saturated rings. The van der Waals surface area contributed by atoms with Crippen LogP contribution in [0, 0.1) is 0 Å². The monoisotopic (exact) mass is 361 g/mol. The van der Waals surface area contributed by atoms with Crippen molar-refractivity contribution in [2.24, 2.45) is 0 Å². The normalized spacial score (nSPS) is 10.8. The number of amides is 1. The molecule has 0 saturated heterocycles. The highest BCUT2D eigenvalue weighted by molar-refractivity contribution is 7.99. The van der Waals surface area contributed by atoms with Crippen LogP contribution in [0.2, 0.25) is 10.0 Å². The average Bonchev–Trinajstić information content (AvgIpc) is 2.43. The molecule has 0 heterocycles. The summed E-state index contributed by atoms with van der Waals surface area (Å²) in [4.78, 5) is 12.4. The number of nitrogens with one attached hydrogen (secondary N) is 1. The third-order valence-electron chi connectivity index (χ3n) is 2.74. The van der Waals surface area contributed by atoms with Crippen molar-refractivity contribution in [3.63, 3.8) is 0 Å². The third kappa shape index (κ3) is 4.87. The maximum absolute atomic E-state index is 12.5. The summed E-state index contributed by atoms with van der Waals surface area (Å²) in [6, 6.07) is 11.2. The second kappa shape index (κ2) is 7.81. The number of thioether (sulfide) groups is 1. The second-order valence-electron chi connectivity index (χ2n) is 4.34. The third-order valence-corrected chi connectivity index (χ3v) is 4.12. The summed E-state index contributed by atoms with van der Waals surface area (Å²) in [5.74, 6) is -2.89. The van der Waals surface area contributed by atoms with Gasteiger partial charge in [-0.05, 0) is 29.8 Å². The van der Waals surface area contributed by atoms with Crippen LogP contribution in [0.5, 0.6) is 0 Å². The summed E-state index contributed by atoms with van der Waals surface area (Å²) in [5, 5.41) is 3.49. The Morgan fingerprint density at radius 2 is 1.91 bits per heavy atom. The summed E-state index contributed by atoms with van der Waals surface area (Å²) in [7, 11) is 0. The number of anilines is 1. The molecule has 22 heavy (non-hydrogen) atoms. The lowest BCUT2D eigenvalue weighted by Crippen LogP contribution is -2.15. The van der Waals surface area contributed by atoms with Crippen LogP contribution in [0.4, 0.5) is 14.5 Å². The number of carbonyl (C=O) groups is 1. The lowest BCUT2D eigenvalue weighted by Gasteiger charge is -2.11. The van der Waals surface area contributed by atoms with Gasteiger partial charge in [0.15, 0.2) is 0 Å². The van der Waals surface area contributed by atoms with Gasteiger partial charge in [-0.2, -0.15) is 8.78 Å². The maximum atomic E-state index is 12.5. The van der Waals surface area contributed by atoms with E-state index in [4.69, 9.17) is 23.2 Å². The molecule has 0 atom stereocenters. The van der Waals surface area contributed by atoms with Gasteiger partial charge < -0.3 is 5.32 Å². The van der Waals surface area contributed by atoms with Crippen molar-refractivity contribution in [3.8, 4) is 0 Å². The van der Waals surface area contributed by atoms with Crippen LogP contribution in [0.1, 0.15) is 5.56 Å². The highest BCUT2D eigenvalue weighted by Gasteiger charge is 2.13. The minimum atomic E-state index is -2.55. The molecule has 0 saturated carbocycles. The standard InChI is InChI=1S/C15H11Cl2F2NOS/c16-10-6-5-9(11(17)8-10)7-14(21)20-12-3-1-2-4-13(12)22-15(18)19/h1-6,8,15H,7H2,(H,20,21). The van der Waals surface area contributed by atoms with Crippen molar-refractivity contribution >= 4 is 46.6 Å². The lowest BCUT2D eigenvalue weighted by atomic mass is 10.1. The van der Waals surface area contributed by atoms with Crippen molar-refractivity contribution in [1.82, 2.24) is 0 Å². The molecule has 0 radical (unpaired) electrons. The number of hydrogen-bond donors (Lipinski definition) is 1. The number of para-hydroxylation sites is 1. The minimum absolute atomic E-state index is 0.0314. The van der Waals surface area contributed by atoms with Crippen molar-refractivity contribution in [1.29, 1.82) is 0 Å². The first-order valence-corrected chi connectivity index (χ1v) is 7.87. The molecule has 0 spiro atoms. The van der Waals surface area contributed by atoms with E-state index in [0.717, 1.165) is 0 Å². The van der Waals surface area contributed by atoms with Gasteiger partial charge >= 0.3 is 0 Å². The number of alkyl halides is 2. The Morgan fingerprint density at radius 1 is 1.18 bits per heavy atom. The number of benzene rings is 2. The molecule has 1 amide bonds. The first-order valence-electron chi connectivity index (χ1n) is 6.23. The van der Waals surface area contributed by atoms with Crippen LogP contribution < -0.4 is 5.32 Å². The van der Waals surface area contributed by atoms with Crippen LogP contribution >= 0.6 is 35.0 Å². The Labute approximate surface area is 140 Å². The molecule has 0 unspecified atom stereocenters. The molecule has 116 valence electrons. The molecule has 0 aliphatic rings. The number of halogens is 4. The zero-order valence-electron chi connectivity index (χ0n) is 11.2. The summed E-state index contributed by atoms with van der Waals surface area (Å²) in [6.07, 6.45) is 0.0314. The van der Waals surface area contributed by atoms with Crippen LogP contribution in [-0.2, 0) is 11.2 Å². The predicted molar refractivity (Wildman–Crippen MR) is 87.1 cm³/mol. The van der Waals surface area contributed by atoms with Crippen molar-refractivity contribution in [2.75, 3.05) is 5.32 Å². The Hall–Kier alpha value is -1.30. The fourth-order valence-corrected chi connectivity index (χ4v) is 2.87. The van der Waals surface area contributed by atoms with E-state index in [1.807, 2.05) is 0 Å². The molecule has 2 rings (SSSR count). The van der Waals surface area contributed by atoms with Gasteiger partial charge in [0.25, 0.3) is 5.76 Å². The quantitative estimate of drug-likeness (QED) is 0.713. The molecule has 0 aromatic heterocycles. The molecule has 7 heteroatoms. The number of carbonyl (C=O) groups excluding carboxylic acids is 1. The van der Waals surface area contributed by atoms with E-state index in [1.165, 1.54) is 6.07 Å². The minimum Gasteiger partial charge on any atom is -0.325 e. The molecule has 2 aromatic carbocycles. The molecule has 2 nitrogen and oxygen atoms in total. The predicted octanol–water partition coefficient (Wildman–Crippen LogP) is 5.49. The smallest absolute Gasteiger partial charge is 0.288 e. The molecule has 2 aromatic rings. The zero-order valence-corrected chi connectivity index (χ0v) is 13.5. The van der Waals surface area contributed by atoms with E-state index in [1.54, 1.807) is 36.4 Å². The van der Waals surface area contributed by atoms with Gasteiger partial charge in [-0.25, -0.2) is 0 Å². The molecule has 1 N–H and O–H groups in total. The van der Waals surface area contributed by atoms with E-state index in [2.05, 4.69) is 5.32 Å². The van der Waals surface area contributed by atoms with Gasteiger partial charge in [-0.3, -0.25) is 4.79 Å². The second-order valence-corrected chi connectivity index (χ2v) is 6.21. The Balaban J connectivity index is 2.09. The van der Waals surface area contributed by atoms with E-state index in [0.29, 0.717) is 38.0 Å². The van der Waals surface area contributed by atoms with Gasteiger partial charge in [0, 0.05) is 14.9 Å². The van der Waals surface area contributed by atoms with Crippen molar-refractivity contribution in [3.05, 3.63) is 58.1 Å². The highest BCUT2D eigenvalue weighted by Crippen LogP contribution is 2.31. The summed E-state index contributed by atoms with van der Waals surface area (Å²) >= 11 is 12.2. The number of hydrogen-bond acceptors (Lipinski definition) is 2. The van der Waals surface area contributed by atoms with E-state index in [9.17, 15) is 13.6 Å². The number of rotatable bonds is 5. The SMILES string of the molecule is O=C(Cc1ccc(Cl)cc1Cl)Nc1ccccc1SC(F)F. The topological polar surface area (TPSA) is 29.1 Å². The molecular formula is C15H11Cl2F2NOS. The van der Waals surface area contributed by atoms with Crippen LogP contribution in [0.3, 0.4) is 0 Å². The van der Waals surface area contributed by atoms with Gasteiger partial charge in [0.2, 0.25) is 5.91 Å². The summed E-state index contributed by atoms with van der Waals surface area (Å²) in [6.45, 7) is 0. The fraction of sp³-hybridized carbons (Fsp3) is 0.133. The first-order chi connectivity index (χ1) is 10.5. The fourth-order valence-electron chi connectivity index (χ4n) is 1.80. The van der Waals surface area contributed by atoms with E-state index < -0.39 is 5.76 Å². The molecule has 0 aliphatic carbocycles. The summed E-state index contributed by atoms with van der Waals surface area (Å²) in [5.41, 5.74) is 0.963. The van der Waals surface area contributed by atoms with Crippen LogP contribution in [0.25, 0.3) is 0 Å². The van der Waals surface area contributed by atoms with Crippen molar-refractivity contribution in [2.45, 2.75) is 17.1 Å². The highest BCUT2D eigenvalue weighted by atomic mass is 35.5. The van der Waals surface area contributed by atoms with Gasteiger partial charge in [-0.1, -0.05) is 53.2 Å². The Kier molecular flexibility index (Phi) is 6.06. The van der Waals surface area contributed by atoms with Gasteiger partial charge in [0.1, 0.15) is 0 Å². The van der Waals surface area contributed by atoms with Gasteiger partial charge in [0.05, 0.1) is 12.1 Å². The maximum Gasteiger partial charge on any atom is 0.288 e. The molecular weight excluding hydrogens is 351 g/mol. The average molecular weight is 362 g/mol. The van der Waals surface area contributed by atoms with E-state index >= 15 is 0 Å². The van der Waals surface area contributed by atoms with Crippen LogP contribution in [0.15, 0.2) is 47.4 Å². The lowest BCUT2D eigenvalue weighted by molar-refractivity contribution is -0.115. The Bertz CT molecular complexity index is 682. The van der Waals surface area contributed by atoms with E-state index in [-0.39, 0.29) is 12.3 Å². The largest absolute Gasteiger partial charge is 0.325 e. The first kappa shape index (κ1) is 17.1. The molecule has 0 bridgehead atoms. The summed E-state index contributed by atoms with van der Waals surface area (Å²) < 4.78 is 25.0. The Morgan fingerprint density at radius 3 is 2.59 bits per heavy atom. The van der Waals surface area contributed by atoms with Crippen LogP contribution in [-0.4, -0.2) is 11.7 Å². The van der Waals surface area contributed by atoms with Gasteiger partial charge in [-0.15, -0.1) is 0 Å².